The van der Waals surface area contributed by atoms with Gasteiger partial charge in [0.25, 0.3) is 0 Å². The van der Waals surface area contributed by atoms with Gasteiger partial charge >= 0.3 is 0 Å². The number of fused-ring (bicyclic) bond motifs is 1. The summed E-state index contributed by atoms with van der Waals surface area (Å²) >= 11 is 0. The Balaban J connectivity index is 1.47. The SMILES string of the molecule is Cn1cc(-c2ccc3c(c2)C(c2cc(N4CC[C@@H](CO)C4)ncn2)=NC3)cn1. The zero-order valence-corrected chi connectivity index (χ0v) is 15.8. The number of anilines is 1. The highest BCUT2D eigenvalue weighted by molar-refractivity contribution is 6.14. The molecule has 142 valence electrons. The maximum Gasteiger partial charge on any atom is 0.132 e. The van der Waals surface area contributed by atoms with E-state index >= 15 is 0 Å². The Kier molecular flexibility index (Phi) is 4.16. The van der Waals surface area contributed by atoms with Gasteiger partial charge in [-0.3, -0.25) is 9.67 Å². The van der Waals surface area contributed by atoms with Crippen molar-refractivity contribution in [3.05, 3.63) is 59.8 Å². The lowest BCUT2D eigenvalue weighted by Gasteiger charge is -2.17. The van der Waals surface area contributed by atoms with Crippen molar-refractivity contribution in [1.82, 2.24) is 19.7 Å². The summed E-state index contributed by atoms with van der Waals surface area (Å²) in [6, 6.07) is 8.46. The van der Waals surface area contributed by atoms with Crippen molar-refractivity contribution < 1.29 is 5.11 Å². The van der Waals surface area contributed by atoms with Gasteiger partial charge in [-0.05, 0) is 23.6 Å². The van der Waals surface area contributed by atoms with Crippen molar-refractivity contribution in [2.45, 2.75) is 13.0 Å². The average Bonchev–Trinajstić information content (AvgIpc) is 3.46. The fraction of sp³-hybridized carbons (Fsp3) is 0.333. The van der Waals surface area contributed by atoms with Crippen LogP contribution in [0.3, 0.4) is 0 Å². The smallest absolute Gasteiger partial charge is 0.132 e. The van der Waals surface area contributed by atoms with Gasteiger partial charge in [0, 0.05) is 56.1 Å². The van der Waals surface area contributed by atoms with Gasteiger partial charge in [-0.25, -0.2) is 9.97 Å². The van der Waals surface area contributed by atoms with E-state index in [4.69, 9.17) is 4.99 Å². The second kappa shape index (κ2) is 6.83. The van der Waals surface area contributed by atoms with Crippen LogP contribution in [0.4, 0.5) is 5.82 Å². The lowest BCUT2D eigenvalue weighted by atomic mass is 9.98. The van der Waals surface area contributed by atoms with Crippen LogP contribution in [0.25, 0.3) is 11.1 Å². The number of nitrogens with zero attached hydrogens (tertiary/aromatic N) is 6. The monoisotopic (exact) mass is 374 g/mol. The second-order valence-corrected chi connectivity index (χ2v) is 7.48. The fourth-order valence-corrected chi connectivity index (χ4v) is 3.99. The summed E-state index contributed by atoms with van der Waals surface area (Å²) in [5.41, 5.74) is 6.32. The van der Waals surface area contributed by atoms with Gasteiger partial charge in [0.2, 0.25) is 0 Å². The Morgan fingerprint density at radius 1 is 1.18 bits per heavy atom. The second-order valence-electron chi connectivity index (χ2n) is 7.48. The van der Waals surface area contributed by atoms with Crippen LogP contribution >= 0.6 is 0 Å². The molecule has 1 aromatic carbocycles. The zero-order valence-electron chi connectivity index (χ0n) is 15.8. The zero-order chi connectivity index (χ0) is 19.1. The summed E-state index contributed by atoms with van der Waals surface area (Å²) in [7, 11) is 1.92. The van der Waals surface area contributed by atoms with E-state index in [1.807, 2.05) is 30.2 Å². The lowest BCUT2D eigenvalue weighted by molar-refractivity contribution is 0.238. The number of hydrogen-bond donors (Lipinski definition) is 1. The Labute approximate surface area is 163 Å². The molecule has 0 radical (unpaired) electrons. The molecule has 1 saturated heterocycles. The Morgan fingerprint density at radius 3 is 2.89 bits per heavy atom. The summed E-state index contributed by atoms with van der Waals surface area (Å²) < 4.78 is 1.81. The van der Waals surface area contributed by atoms with Gasteiger partial charge in [-0.1, -0.05) is 12.1 Å². The highest BCUT2D eigenvalue weighted by Gasteiger charge is 2.25. The predicted octanol–water partition coefficient (Wildman–Crippen LogP) is 2.05. The first-order valence-corrected chi connectivity index (χ1v) is 9.56. The largest absolute Gasteiger partial charge is 0.396 e. The molecule has 2 aliphatic heterocycles. The number of aromatic nitrogens is 4. The molecule has 0 aliphatic carbocycles. The molecule has 2 aliphatic rings. The summed E-state index contributed by atoms with van der Waals surface area (Å²) in [6.07, 6.45) is 6.50. The van der Waals surface area contributed by atoms with Gasteiger partial charge in [0.1, 0.15) is 12.1 Å². The molecule has 0 spiro atoms. The van der Waals surface area contributed by atoms with Gasteiger partial charge in [0.05, 0.1) is 24.1 Å². The first-order chi connectivity index (χ1) is 13.7. The highest BCUT2D eigenvalue weighted by atomic mass is 16.3. The van der Waals surface area contributed by atoms with Crippen molar-refractivity contribution in [3.8, 4) is 11.1 Å². The number of aliphatic imine (C=N–C) groups is 1. The van der Waals surface area contributed by atoms with E-state index in [1.54, 1.807) is 6.33 Å². The minimum absolute atomic E-state index is 0.228. The number of rotatable bonds is 4. The number of benzene rings is 1. The number of hydrogen-bond acceptors (Lipinski definition) is 6. The number of aliphatic hydroxyl groups excluding tert-OH is 1. The van der Waals surface area contributed by atoms with Crippen LogP contribution in [-0.4, -0.2) is 50.3 Å². The van der Waals surface area contributed by atoms with Crippen molar-refractivity contribution in [2.75, 3.05) is 24.6 Å². The van der Waals surface area contributed by atoms with Crippen molar-refractivity contribution in [3.63, 3.8) is 0 Å². The normalized spacial score (nSPS) is 18.4. The van der Waals surface area contributed by atoms with Crippen molar-refractivity contribution in [1.29, 1.82) is 0 Å². The molecule has 0 amide bonds. The highest BCUT2D eigenvalue weighted by Crippen LogP contribution is 2.29. The van der Waals surface area contributed by atoms with Crippen molar-refractivity contribution >= 4 is 11.5 Å². The quantitative estimate of drug-likeness (QED) is 0.756. The minimum atomic E-state index is 0.228. The Hall–Kier alpha value is -3.06. The first-order valence-electron chi connectivity index (χ1n) is 9.56. The van der Waals surface area contributed by atoms with E-state index in [-0.39, 0.29) is 6.61 Å². The van der Waals surface area contributed by atoms with Gasteiger partial charge in [-0.2, -0.15) is 5.10 Å². The lowest BCUT2D eigenvalue weighted by Crippen LogP contribution is -2.22. The summed E-state index contributed by atoms with van der Waals surface area (Å²) in [4.78, 5) is 15.9. The molecule has 3 aromatic rings. The maximum absolute atomic E-state index is 9.40. The Bertz CT molecular complexity index is 1060. The molecule has 5 rings (SSSR count). The standard InChI is InChI=1S/C21H22N6O/c1-26-11-17(9-25-26)15-2-3-16-8-22-21(18(16)6-15)19-7-20(24-13-23-19)27-5-4-14(10-27)12-28/h2-3,6-7,9,11,13-14,28H,4-5,8,10,12H2,1H3/t14-/m1/s1. The average molecular weight is 374 g/mol. The van der Waals surface area contributed by atoms with Crippen LogP contribution in [0.2, 0.25) is 0 Å². The van der Waals surface area contributed by atoms with Crippen LogP contribution in [-0.2, 0) is 13.6 Å². The van der Waals surface area contributed by atoms with E-state index in [9.17, 15) is 5.11 Å². The first kappa shape index (κ1) is 17.1. The van der Waals surface area contributed by atoms with Gasteiger partial charge < -0.3 is 10.0 Å². The molecule has 28 heavy (non-hydrogen) atoms. The van der Waals surface area contributed by atoms with Crippen LogP contribution in [0.5, 0.6) is 0 Å². The third-order valence-corrected chi connectivity index (χ3v) is 5.57. The van der Waals surface area contributed by atoms with Gasteiger partial charge in [-0.15, -0.1) is 0 Å². The molecule has 2 aromatic heterocycles. The summed E-state index contributed by atoms with van der Waals surface area (Å²) in [5.74, 6) is 1.23. The molecule has 1 N–H and O–H groups in total. The van der Waals surface area contributed by atoms with E-state index < -0.39 is 0 Å². The molecular weight excluding hydrogens is 352 g/mol. The molecular formula is C21H22N6O. The molecule has 0 bridgehead atoms. The molecule has 7 heteroatoms. The summed E-state index contributed by atoms with van der Waals surface area (Å²) in [6.45, 7) is 2.65. The van der Waals surface area contributed by atoms with E-state index in [1.165, 1.54) is 5.56 Å². The third-order valence-electron chi connectivity index (χ3n) is 5.57. The number of aliphatic hydroxyl groups is 1. The fourth-order valence-electron chi connectivity index (χ4n) is 3.99. The molecule has 0 unspecified atom stereocenters. The van der Waals surface area contributed by atoms with E-state index in [0.29, 0.717) is 12.5 Å². The predicted molar refractivity (Wildman–Crippen MR) is 107 cm³/mol. The Morgan fingerprint density at radius 2 is 2.11 bits per heavy atom. The molecule has 1 fully saturated rings. The van der Waals surface area contributed by atoms with E-state index in [2.05, 4.69) is 38.2 Å². The number of aryl methyl sites for hydroxylation is 1. The van der Waals surface area contributed by atoms with Crippen LogP contribution < -0.4 is 4.90 Å². The van der Waals surface area contributed by atoms with Crippen LogP contribution in [0, 0.1) is 5.92 Å². The maximum atomic E-state index is 9.40. The molecule has 1 atom stereocenters. The van der Waals surface area contributed by atoms with Crippen LogP contribution in [0.15, 0.2) is 48.0 Å². The minimum Gasteiger partial charge on any atom is -0.396 e. The third kappa shape index (κ3) is 2.97. The summed E-state index contributed by atoms with van der Waals surface area (Å²) in [5, 5.41) is 13.7. The van der Waals surface area contributed by atoms with Crippen LogP contribution in [0.1, 0.15) is 23.2 Å². The topological polar surface area (TPSA) is 79.4 Å². The van der Waals surface area contributed by atoms with E-state index in [0.717, 1.165) is 53.4 Å². The van der Waals surface area contributed by atoms with Gasteiger partial charge in [0.15, 0.2) is 0 Å². The van der Waals surface area contributed by atoms with Crippen molar-refractivity contribution in [2.24, 2.45) is 18.0 Å². The molecule has 4 heterocycles. The molecule has 0 saturated carbocycles. The molecule has 7 nitrogen and oxygen atoms in total.